The predicted molar refractivity (Wildman–Crippen MR) is 76.2 cm³/mol. The van der Waals surface area contributed by atoms with Gasteiger partial charge in [-0.05, 0) is 27.2 Å². The smallest absolute Gasteiger partial charge is 0.322 e. The Morgan fingerprint density at radius 2 is 2.05 bits per heavy atom. The fourth-order valence-electron chi connectivity index (χ4n) is 1.95. The summed E-state index contributed by atoms with van der Waals surface area (Å²) in [5, 5.41) is 8.88. The van der Waals surface area contributed by atoms with E-state index in [1.165, 1.54) is 11.8 Å². The van der Waals surface area contributed by atoms with Crippen molar-refractivity contribution < 1.29 is 18.3 Å². The van der Waals surface area contributed by atoms with Crippen LogP contribution in [-0.4, -0.2) is 46.5 Å². The third-order valence-corrected chi connectivity index (χ3v) is 5.99. The number of thioether (sulfide) groups is 1. The standard InChI is InChI=1S/C11H22N2O4S2/c1-5-6-9-13(8(7-18-9)10(14)15)19(16,17)12-11(2,3)4/h8-9,12H,5-7H2,1-4H3,(H,14,15). The molecule has 2 unspecified atom stereocenters. The van der Waals surface area contributed by atoms with Gasteiger partial charge in [-0.1, -0.05) is 13.3 Å². The number of hydrogen-bond acceptors (Lipinski definition) is 4. The topological polar surface area (TPSA) is 86.7 Å². The molecule has 0 aromatic heterocycles. The Morgan fingerprint density at radius 3 is 2.47 bits per heavy atom. The molecule has 1 heterocycles. The maximum Gasteiger partial charge on any atom is 0.322 e. The summed E-state index contributed by atoms with van der Waals surface area (Å²) in [5.74, 6) is -0.796. The Labute approximate surface area is 119 Å². The van der Waals surface area contributed by atoms with Gasteiger partial charge in [-0.25, -0.2) is 0 Å². The van der Waals surface area contributed by atoms with Crippen molar-refractivity contribution in [1.29, 1.82) is 0 Å². The Morgan fingerprint density at radius 1 is 1.47 bits per heavy atom. The lowest BCUT2D eigenvalue weighted by molar-refractivity contribution is -0.140. The van der Waals surface area contributed by atoms with Crippen LogP contribution >= 0.6 is 11.8 Å². The van der Waals surface area contributed by atoms with Crippen LogP contribution in [0.25, 0.3) is 0 Å². The zero-order chi connectivity index (χ0) is 14.8. The Hall–Kier alpha value is -0.310. The highest BCUT2D eigenvalue weighted by atomic mass is 32.2. The van der Waals surface area contributed by atoms with E-state index in [1.54, 1.807) is 20.8 Å². The highest BCUT2D eigenvalue weighted by Gasteiger charge is 2.46. The predicted octanol–water partition coefficient (Wildman–Crippen LogP) is 1.25. The minimum absolute atomic E-state index is 0.297. The molecule has 8 heteroatoms. The van der Waals surface area contributed by atoms with Crippen molar-refractivity contribution in [3.63, 3.8) is 0 Å². The average molecular weight is 310 g/mol. The van der Waals surface area contributed by atoms with E-state index in [-0.39, 0.29) is 5.37 Å². The van der Waals surface area contributed by atoms with Crippen molar-refractivity contribution in [2.45, 2.75) is 57.5 Å². The summed E-state index contributed by atoms with van der Waals surface area (Å²) in [6, 6.07) is -0.985. The van der Waals surface area contributed by atoms with Crippen LogP contribution in [0, 0.1) is 0 Å². The summed E-state index contributed by atoms with van der Waals surface area (Å²) in [4.78, 5) is 11.2. The third-order valence-electron chi connectivity index (χ3n) is 2.57. The van der Waals surface area contributed by atoms with Gasteiger partial charge in [0.1, 0.15) is 6.04 Å². The minimum atomic E-state index is -3.80. The van der Waals surface area contributed by atoms with E-state index >= 15 is 0 Å². The number of carbonyl (C=O) groups is 1. The van der Waals surface area contributed by atoms with Crippen molar-refractivity contribution >= 4 is 27.9 Å². The van der Waals surface area contributed by atoms with Crippen LogP contribution in [0.3, 0.4) is 0 Å². The van der Waals surface area contributed by atoms with Crippen molar-refractivity contribution in [2.75, 3.05) is 5.75 Å². The lowest BCUT2D eigenvalue weighted by Crippen LogP contribution is -2.54. The maximum absolute atomic E-state index is 12.4. The van der Waals surface area contributed by atoms with Gasteiger partial charge >= 0.3 is 5.97 Å². The Kier molecular flexibility index (Phi) is 5.28. The quantitative estimate of drug-likeness (QED) is 0.798. The van der Waals surface area contributed by atoms with Crippen molar-refractivity contribution in [2.24, 2.45) is 0 Å². The monoisotopic (exact) mass is 310 g/mol. The van der Waals surface area contributed by atoms with E-state index in [1.807, 2.05) is 6.92 Å². The number of nitrogens with one attached hydrogen (secondary N) is 1. The van der Waals surface area contributed by atoms with Gasteiger partial charge in [0.25, 0.3) is 10.2 Å². The van der Waals surface area contributed by atoms with Crippen molar-refractivity contribution in [1.82, 2.24) is 9.03 Å². The molecule has 1 rings (SSSR count). The third kappa shape index (κ3) is 4.34. The molecule has 1 saturated heterocycles. The minimum Gasteiger partial charge on any atom is -0.480 e. The van der Waals surface area contributed by atoms with Crippen LogP contribution in [0.15, 0.2) is 0 Å². The summed E-state index contributed by atoms with van der Waals surface area (Å²) in [6.45, 7) is 7.16. The van der Waals surface area contributed by atoms with Crippen LogP contribution in [0.5, 0.6) is 0 Å². The van der Waals surface area contributed by atoms with Crippen molar-refractivity contribution in [3.05, 3.63) is 0 Å². The number of carboxylic acid groups (broad SMARTS) is 1. The number of hydrogen-bond donors (Lipinski definition) is 2. The molecular weight excluding hydrogens is 288 g/mol. The molecule has 6 nitrogen and oxygen atoms in total. The molecule has 1 aliphatic rings. The zero-order valence-corrected chi connectivity index (χ0v) is 13.3. The van der Waals surface area contributed by atoms with E-state index in [0.29, 0.717) is 12.2 Å². The number of nitrogens with zero attached hydrogens (tertiary/aromatic N) is 1. The molecule has 0 aromatic rings. The molecule has 0 radical (unpaired) electrons. The van der Waals surface area contributed by atoms with Crippen LogP contribution in [-0.2, 0) is 15.0 Å². The lowest BCUT2D eigenvalue weighted by atomic mass is 10.1. The summed E-state index contributed by atoms with van der Waals surface area (Å²) in [5.41, 5.74) is -0.633. The second-order valence-electron chi connectivity index (χ2n) is 5.62. The zero-order valence-electron chi connectivity index (χ0n) is 11.7. The number of aliphatic carboxylic acids is 1. The molecule has 2 N–H and O–H groups in total. The first-order chi connectivity index (χ1) is 8.58. The molecule has 19 heavy (non-hydrogen) atoms. The van der Waals surface area contributed by atoms with Gasteiger partial charge in [0, 0.05) is 11.3 Å². The molecule has 2 atom stereocenters. The molecule has 0 aliphatic carbocycles. The Balaban J connectivity index is 3.04. The highest BCUT2D eigenvalue weighted by molar-refractivity contribution is 8.01. The molecule has 0 amide bonds. The van der Waals surface area contributed by atoms with Crippen LogP contribution in [0.2, 0.25) is 0 Å². The van der Waals surface area contributed by atoms with E-state index in [0.717, 1.165) is 10.7 Å². The first kappa shape index (κ1) is 16.7. The molecule has 0 bridgehead atoms. The average Bonchev–Trinajstić information content (AvgIpc) is 2.58. The fraction of sp³-hybridized carbons (Fsp3) is 0.909. The summed E-state index contributed by atoms with van der Waals surface area (Å²) in [6.07, 6.45) is 1.46. The number of carboxylic acids is 1. The van der Waals surface area contributed by atoms with Crippen molar-refractivity contribution in [3.8, 4) is 0 Å². The van der Waals surface area contributed by atoms with Gasteiger partial charge in [0.05, 0.1) is 5.37 Å². The molecule has 0 saturated carbocycles. The van der Waals surface area contributed by atoms with E-state index in [9.17, 15) is 18.3 Å². The Bertz CT molecular complexity index is 430. The first-order valence-electron chi connectivity index (χ1n) is 6.25. The van der Waals surface area contributed by atoms with Gasteiger partial charge < -0.3 is 5.11 Å². The van der Waals surface area contributed by atoms with Gasteiger partial charge in [0.2, 0.25) is 0 Å². The highest BCUT2D eigenvalue weighted by Crippen LogP contribution is 2.34. The van der Waals surface area contributed by atoms with E-state index < -0.39 is 27.8 Å². The summed E-state index contributed by atoms with van der Waals surface area (Å²) < 4.78 is 28.4. The summed E-state index contributed by atoms with van der Waals surface area (Å²) in [7, 11) is -3.80. The molecule has 1 fully saturated rings. The van der Waals surface area contributed by atoms with Crippen LogP contribution in [0.4, 0.5) is 0 Å². The van der Waals surface area contributed by atoms with Crippen LogP contribution < -0.4 is 4.72 Å². The second-order valence-corrected chi connectivity index (χ2v) is 8.40. The molecule has 112 valence electrons. The van der Waals surface area contributed by atoms with Gasteiger partial charge in [-0.2, -0.15) is 17.4 Å². The van der Waals surface area contributed by atoms with E-state index in [2.05, 4.69) is 4.72 Å². The van der Waals surface area contributed by atoms with Gasteiger partial charge in [-0.3, -0.25) is 4.79 Å². The fourth-order valence-corrected chi connectivity index (χ4v) is 5.76. The second kappa shape index (κ2) is 5.99. The molecule has 1 aliphatic heterocycles. The lowest BCUT2D eigenvalue weighted by Gasteiger charge is -2.30. The van der Waals surface area contributed by atoms with Crippen LogP contribution in [0.1, 0.15) is 40.5 Å². The first-order valence-corrected chi connectivity index (χ1v) is 8.74. The van der Waals surface area contributed by atoms with E-state index in [4.69, 9.17) is 0 Å². The molecule has 0 spiro atoms. The summed E-state index contributed by atoms with van der Waals surface area (Å²) >= 11 is 1.39. The van der Waals surface area contributed by atoms with Gasteiger partial charge in [0.15, 0.2) is 0 Å². The molecule has 0 aromatic carbocycles. The maximum atomic E-state index is 12.4. The normalized spacial score (nSPS) is 25.7. The SMILES string of the molecule is CCCC1SCC(C(=O)O)N1S(=O)(=O)NC(C)(C)C. The van der Waals surface area contributed by atoms with Gasteiger partial charge in [-0.15, -0.1) is 11.8 Å². The molecular formula is C11H22N2O4S2. The number of rotatable bonds is 5. The largest absolute Gasteiger partial charge is 0.480 e.